The molecule has 2 aliphatic heterocycles. The van der Waals surface area contributed by atoms with Gasteiger partial charge in [0, 0.05) is 0 Å². The van der Waals surface area contributed by atoms with Gasteiger partial charge in [-0.3, -0.25) is 4.57 Å². The van der Waals surface area contributed by atoms with E-state index in [0.29, 0.717) is 17.2 Å². The average Bonchev–Trinajstić information content (AvgIpc) is 3.06. The monoisotopic (exact) mass is 355 g/mol. The van der Waals surface area contributed by atoms with Crippen LogP contribution in [0.5, 0.6) is 0 Å². The van der Waals surface area contributed by atoms with Crippen LogP contribution in [0.25, 0.3) is 5.70 Å². The first-order chi connectivity index (χ1) is 11.4. The third-order valence-corrected chi connectivity index (χ3v) is 4.29. The van der Waals surface area contributed by atoms with Crippen molar-refractivity contribution in [3.63, 3.8) is 0 Å². The predicted octanol–water partition coefficient (Wildman–Crippen LogP) is -0.396. The van der Waals surface area contributed by atoms with Crippen LogP contribution in [0, 0.1) is 11.8 Å². The first-order valence-electron chi connectivity index (χ1n) is 6.99. The van der Waals surface area contributed by atoms with E-state index < -0.39 is 36.6 Å². The van der Waals surface area contributed by atoms with Crippen LogP contribution >= 0.6 is 11.6 Å². The molecule has 1 saturated heterocycles. The number of hydrogen-bond acceptors (Lipinski definition) is 7. The Balaban J connectivity index is 2.10. The number of nitrogens with two attached hydrogens (primary N) is 1. The minimum atomic E-state index is -1.69. The van der Waals surface area contributed by atoms with Gasteiger partial charge in [-0.2, -0.15) is 4.99 Å². The van der Waals surface area contributed by atoms with Crippen molar-refractivity contribution < 1.29 is 19.3 Å². The third-order valence-electron chi connectivity index (χ3n) is 3.78. The molecule has 1 aromatic rings. The van der Waals surface area contributed by atoms with Crippen molar-refractivity contribution in [1.29, 1.82) is 0 Å². The summed E-state index contributed by atoms with van der Waals surface area (Å²) in [5.74, 6) is 5.08. The van der Waals surface area contributed by atoms with Gasteiger partial charge in [0.25, 0.3) is 0 Å². The second-order valence-corrected chi connectivity index (χ2v) is 5.91. The van der Waals surface area contributed by atoms with Gasteiger partial charge >= 0.3 is 0 Å². The third kappa shape index (κ3) is 2.44. The van der Waals surface area contributed by atoms with Gasteiger partial charge in [-0.1, -0.05) is 30.0 Å². The number of halogens is 2. The van der Waals surface area contributed by atoms with Crippen molar-refractivity contribution in [2.24, 2.45) is 10.7 Å². The molecule has 24 heavy (non-hydrogen) atoms. The molecule has 1 aromatic heterocycles. The summed E-state index contributed by atoms with van der Waals surface area (Å²) in [4.78, 5) is 6.62. The number of aromatic nitrogens is 2. The fourth-order valence-corrected chi connectivity index (χ4v) is 3.04. The lowest BCUT2D eigenvalue weighted by atomic mass is 9.99. The number of ether oxygens (including phenoxy) is 1. The Hall–Kier alpha value is -2.12. The van der Waals surface area contributed by atoms with Gasteiger partial charge in [0.05, 0.1) is 18.6 Å². The minimum absolute atomic E-state index is 0.0986. The summed E-state index contributed by atoms with van der Waals surface area (Å²) in [6.45, 7) is 2.36. The fraction of sp³-hybridized carbons (Fsp3) is 0.429. The van der Waals surface area contributed by atoms with E-state index in [2.05, 4.69) is 33.7 Å². The average molecular weight is 356 g/mol. The number of alkyl halides is 2. The molecule has 0 radical (unpaired) electrons. The molecule has 2 aliphatic rings. The van der Waals surface area contributed by atoms with Gasteiger partial charge in [-0.05, 0) is 0 Å². The summed E-state index contributed by atoms with van der Waals surface area (Å²) in [7, 11) is 0. The van der Waals surface area contributed by atoms with Crippen LogP contribution in [0.3, 0.4) is 0 Å². The number of imidazole rings is 1. The number of aliphatic hydroxyl groups is 2. The molecule has 0 amide bonds. The Bertz CT molecular complexity index is 770. The number of aliphatic imine (C=N–C) groups is 1. The van der Waals surface area contributed by atoms with Crippen molar-refractivity contribution >= 4 is 29.1 Å². The number of nitrogens with zero attached hydrogens (tertiary/aromatic N) is 3. The van der Waals surface area contributed by atoms with Crippen molar-refractivity contribution in [2.45, 2.75) is 23.3 Å². The standard InChI is InChI=1S/C14H15ClFN5O3/c1-7-9-11(20-13(17)19-7)21(6-18-9)12-14(15,3-2-4-16)10(23)8(5-22)24-12/h6,8,10,12,22-23H,1,4-5H2,(H3,17,19,20)/t8?,10?,12-,14-/m1/s1. The zero-order valence-corrected chi connectivity index (χ0v) is 13.2. The van der Waals surface area contributed by atoms with E-state index in [4.69, 9.17) is 22.1 Å². The highest BCUT2D eigenvalue weighted by molar-refractivity contribution is 6.27. The number of nitrogens with one attached hydrogen (secondary N) is 1. The van der Waals surface area contributed by atoms with E-state index in [0.717, 1.165) is 0 Å². The number of guanidine groups is 1. The Morgan fingerprint density at radius 1 is 1.62 bits per heavy atom. The molecular weight excluding hydrogens is 341 g/mol. The molecule has 0 saturated carbocycles. The van der Waals surface area contributed by atoms with Gasteiger partial charge in [-0.15, -0.1) is 0 Å². The van der Waals surface area contributed by atoms with E-state index in [1.807, 2.05) is 0 Å². The van der Waals surface area contributed by atoms with Crippen LogP contribution in [-0.4, -0.2) is 56.1 Å². The Morgan fingerprint density at radius 3 is 3.04 bits per heavy atom. The SMILES string of the molecule is C=C1NC(N)=Nc2c1ncn2[C@@H]1OC(CO)C(O)[C@]1(Cl)C#CCF. The first-order valence-corrected chi connectivity index (χ1v) is 7.36. The van der Waals surface area contributed by atoms with Crippen molar-refractivity contribution in [1.82, 2.24) is 14.9 Å². The summed E-state index contributed by atoms with van der Waals surface area (Å²) < 4.78 is 19.5. The maximum atomic E-state index is 12.5. The predicted molar refractivity (Wildman–Crippen MR) is 85.0 cm³/mol. The molecule has 4 atom stereocenters. The van der Waals surface area contributed by atoms with Crippen molar-refractivity contribution in [3.8, 4) is 11.8 Å². The number of fused-ring (bicyclic) bond motifs is 1. The summed E-state index contributed by atoms with van der Waals surface area (Å²) in [6.07, 6.45) is -2.03. The second kappa shape index (κ2) is 6.07. The Kier molecular flexibility index (Phi) is 4.23. The van der Waals surface area contributed by atoms with Crippen molar-refractivity contribution in [3.05, 3.63) is 18.6 Å². The number of aliphatic hydroxyl groups excluding tert-OH is 2. The Labute approximate surface area is 141 Å². The van der Waals surface area contributed by atoms with Crippen molar-refractivity contribution in [2.75, 3.05) is 13.3 Å². The molecule has 2 unspecified atom stereocenters. The molecule has 3 rings (SSSR count). The molecule has 5 N–H and O–H groups in total. The smallest absolute Gasteiger partial charge is 0.199 e. The topological polar surface area (TPSA) is 118 Å². The maximum Gasteiger partial charge on any atom is 0.199 e. The number of hydrogen-bond donors (Lipinski definition) is 4. The van der Waals surface area contributed by atoms with Crippen LogP contribution in [0.2, 0.25) is 0 Å². The van der Waals surface area contributed by atoms with E-state index in [9.17, 15) is 14.6 Å². The summed E-state index contributed by atoms with van der Waals surface area (Å²) in [5, 5.41) is 22.5. The molecule has 1 fully saturated rings. The van der Waals surface area contributed by atoms with E-state index in [1.165, 1.54) is 10.9 Å². The zero-order chi connectivity index (χ0) is 17.5. The normalized spacial score (nSPS) is 31.8. The van der Waals surface area contributed by atoms with Crippen LogP contribution in [0.15, 0.2) is 17.9 Å². The maximum absolute atomic E-state index is 12.5. The zero-order valence-electron chi connectivity index (χ0n) is 12.4. The lowest BCUT2D eigenvalue weighted by Crippen LogP contribution is -2.41. The summed E-state index contributed by atoms with van der Waals surface area (Å²) in [5.41, 5.74) is 6.55. The van der Waals surface area contributed by atoms with Crippen LogP contribution in [0.4, 0.5) is 10.2 Å². The Morgan fingerprint density at radius 2 is 2.38 bits per heavy atom. The molecule has 8 nitrogen and oxygen atoms in total. The molecule has 0 aromatic carbocycles. The quantitative estimate of drug-likeness (QED) is 0.424. The number of rotatable bonds is 2. The van der Waals surface area contributed by atoms with E-state index in [-0.39, 0.29) is 5.96 Å². The van der Waals surface area contributed by atoms with Gasteiger partial charge in [-0.25, -0.2) is 9.37 Å². The minimum Gasteiger partial charge on any atom is -0.394 e. The molecule has 0 bridgehead atoms. The largest absolute Gasteiger partial charge is 0.394 e. The van der Waals surface area contributed by atoms with Crippen LogP contribution in [-0.2, 0) is 4.74 Å². The molecular formula is C14H15ClFN5O3. The van der Waals surface area contributed by atoms with Gasteiger partial charge in [0.1, 0.15) is 24.6 Å². The molecule has 0 aliphatic carbocycles. The lowest BCUT2D eigenvalue weighted by molar-refractivity contribution is -0.0443. The van der Waals surface area contributed by atoms with Gasteiger partial charge in [0.2, 0.25) is 0 Å². The highest BCUT2D eigenvalue weighted by Gasteiger charge is 2.56. The summed E-state index contributed by atoms with van der Waals surface area (Å²) in [6, 6.07) is 0. The first kappa shape index (κ1) is 16.7. The second-order valence-electron chi connectivity index (χ2n) is 5.28. The molecule has 10 heteroatoms. The van der Waals surface area contributed by atoms with Gasteiger partial charge < -0.3 is 26.0 Å². The molecule has 0 spiro atoms. The molecule has 128 valence electrons. The summed E-state index contributed by atoms with van der Waals surface area (Å²) >= 11 is 6.45. The van der Waals surface area contributed by atoms with E-state index in [1.54, 1.807) is 0 Å². The van der Waals surface area contributed by atoms with E-state index >= 15 is 0 Å². The lowest BCUT2D eigenvalue weighted by Gasteiger charge is -2.26. The highest BCUT2D eigenvalue weighted by Crippen LogP contribution is 2.45. The van der Waals surface area contributed by atoms with Crippen LogP contribution in [0.1, 0.15) is 11.9 Å². The highest BCUT2D eigenvalue weighted by atomic mass is 35.5. The van der Waals surface area contributed by atoms with Crippen LogP contribution < -0.4 is 11.1 Å². The fourth-order valence-electron chi connectivity index (χ4n) is 2.68. The molecule has 3 heterocycles. The van der Waals surface area contributed by atoms with Gasteiger partial charge in [0.15, 0.2) is 22.9 Å².